The molecule has 0 saturated carbocycles. The summed E-state index contributed by atoms with van der Waals surface area (Å²) in [6.45, 7) is 2.66. The van der Waals surface area contributed by atoms with E-state index in [1.165, 1.54) is 102 Å². The minimum absolute atomic E-state index is 0.104. The molecule has 0 radical (unpaired) electrons. The van der Waals surface area contributed by atoms with Crippen molar-refractivity contribution in [2.75, 3.05) is 6.61 Å². The highest BCUT2D eigenvalue weighted by Crippen LogP contribution is 2.14. The van der Waals surface area contributed by atoms with Crippen molar-refractivity contribution in [3.8, 4) is 0 Å². The van der Waals surface area contributed by atoms with Gasteiger partial charge in [0.2, 0.25) is 0 Å². The lowest BCUT2D eigenvalue weighted by atomic mass is 10.0. The summed E-state index contributed by atoms with van der Waals surface area (Å²) < 4.78 is 27.1. The van der Waals surface area contributed by atoms with E-state index in [9.17, 15) is 13.6 Å². The Morgan fingerprint density at radius 2 is 1.27 bits per heavy atom. The highest BCUT2D eigenvalue weighted by atomic mass is 32.2. The highest BCUT2D eigenvalue weighted by molar-refractivity contribution is 7.79. The zero-order valence-electron chi connectivity index (χ0n) is 18.9. The van der Waals surface area contributed by atoms with Gasteiger partial charge in [0.05, 0.1) is 12.2 Å². The third kappa shape index (κ3) is 13.9. The van der Waals surface area contributed by atoms with Crippen molar-refractivity contribution >= 4 is 17.0 Å². The standard InChI is InChI=1S/C25H42O4S/c1-2-3-4-5-6-7-8-9-10-11-12-13-14-15-16-17-21-29-25(26)23-19-18-20-24(22-23)30(27)28/h18-20,22H,2-17,21H2,1H3,(H,27,28)/p-1. The number of rotatable bonds is 19. The molecule has 0 saturated heterocycles. The average Bonchev–Trinajstić information content (AvgIpc) is 2.75. The van der Waals surface area contributed by atoms with Gasteiger partial charge in [-0.3, -0.25) is 4.21 Å². The zero-order valence-corrected chi connectivity index (χ0v) is 19.7. The molecule has 0 aromatic heterocycles. The molecule has 5 heteroatoms. The van der Waals surface area contributed by atoms with Crippen LogP contribution in [0, 0.1) is 0 Å². The Kier molecular flexibility index (Phi) is 16.6. The summed E-state index contributed by atoms with van der Waals surface area (Å²) >= 11 is -2.33. The van der Waals surface area contributed by atoms with Crippen molar-refractivity contribution in [1.82, 2.24) is 0 Å². The molecule has 0 amide bonds. The van der Waals surface area contributed by atoms with E-state index >= 15 is 0 Å². The summed E-state index contributed by atoms with van der Waals surface area (Å²) in [5.41, 5.74) is 0.285. The van der Waals surface area contributed by atoms with Crippen LogP contribution in [0.25, 0.3) is 0 Å². The number of carbonyl (C=O) groups excluding carboxylic acids is 1. The van der Waals surface area contributed by atoms with Gasteiger partial charge in [-0.05, 0) is 35.7 Å². The molecule has 0 aliphatic heterocycles. The predicted molar refractivity (Wildman–Crippen MR) is 123 cm³/mol. The van der Waals surface area contributed by atoms with Crippen LogP contribution in [0.1, 0.15) is 120 Å². The summed E-state index contributed by atoms with van der Waals surface area (Å²) in [4.78, 5) is 12.1. The van der Waals surface area contributed by atoms with Crippen molar-refractivity contribution in [2.24, 2.45) is 0 Å². The summed E-state index contributed by atoms with van der Waals surface area (Å²) in [6, 6.07) is 5.93. The van der Waals surface area contributed by atoms with E-state index in [-0.39, 0.29) is 10.5 Å². The molecule has 1 unspecified atom stereocenters. The van der Waals surface area contributed by atoms with Gasteiger partial charge >= 0.3 is 5.97 Å². The molecule has 1 aromatic carbocycles. The lowest BCUT2D eigenvalue weighted by Gasteiger charge is -2.08. The molecule has 4 nitrogen and oxygen atoms in total. The van der Waals surface area contributed by atoms with Crippen LogP contribution in [0.15, 0.2) is 29.2 Å². The van der Waals surface area contributed by atoms with Gasteiger partial charge < -0.3 is 9.29 Å². The molecule has 0 spiro atoms. The second kappa shape index (κ2) is 18.6. The first-order valence-corrected chi connectivity index (χ1v) is 13.1. The molecule has 0 aliphatic rings. The van der Waals surface area contributed by atoms with Gasteiger partial charge in [0, 0.05) is 4.90 Å². The lowest BCUT2D eigenvalue weighted by molar-refractivity contribution is 0.0497. The zero-order chi connectivity index (χ0) is 21.9. The molecular weight excluding hydrogens is 396 g/mol. The first-order chi connectivity index (χ1) is 14.6. The largest absolute Gasteiger partial charge is 0.768 e. The minimum atomic E-state index is -2.33. The van der Waals surface area contributed by atoms with Gasteiger partial charge in [-0.2, -0.15) is 0 Å². The number of unbranched alkanes of at least 4 members (excludes halogenated alkanes) is 15. The van der Waals surface area contributed by atoms with Crippen LogP contribution in [0.4, 0.5) is 0 Å². The smallest absolute Gasteiger partial charge is 0.338 e. The predicted octanol–water partition coefficient (Wildman–Crippen LogP) is 7.34. The van der Waals surface area contributed by atoms with Crippen molar-refractivity contribution in [2.45, 2.75) is 115 Å². The van der Waals surface area contributed by atoms with Crippen LogP contribution >= 0.6 is 0 Å². The van der Waals surface area contributed by atoms with Gasteiger partial charge in [-0.15, -0.1) is 0 Å². The van der Waals surface area contributed by atoms with Crippen molar-refractivity contribution in [3.05, 3.63) is 29.8 Å². The molecule has 1 rings (SSSR count). The first kappa shape index (κ1) is 26.8. The maximum absolute atomic E-state index is 12.0. The fourth-order valence-corrected chi connectivity index (χ4v) is 4.04. The highest BCUT2D eigenvalue weighted by Gasteiger charge is 2.07. The topological polar surface area (TPSA) is 66.4 Å². The molecule has 0 bridgehead atoms. The van der Waals surface area contributed by atoms with E-state index in [1.54, 1.807) is 12.1 Å². The van der Waals surface area contributed by atoms with Crippen molar-refractivity contribution < 1.29 is 18.3 Å². The Labute approximate surface area is 186 Å². The summed E-state index contributed by atoms with van der Waals surface area (Å²) in [7, 11) is 0. The molecule has 0 aliphatic carbocycles. The Bertz CT molecular complexity index is 588. The van der Waals surface area contributed by atoms with Crippen LogP contribution in [-0.2, 0) is 15.8 Å². The van der Waals surface area contributed by atoms with Crippen LogP contribution in [0.5, 0.6) is 0 Å². The first-order valence-electron chi connectivity index (χ1n) is 12.0. The van der Waals surface area contributed by atoms with Gasteiger partial charge in [0.15, 0.2) is 0 Å². The summed E-state index contributed by atoms with van der Waals surface area (Å²) in [5.74, 6) is -0.455. The minimum Gasteiger partial charge on any atom is -0.768 e. The fraction of sp³-hybridized carbons (Fsp3) is 0.720. The monoisotopic (exact) mass is 437 g/mol. The molecule has 0 fully saturated rings. The fourth-order valence-electron chi connectivity index (χ4n) is 3.63. The molecule has 1 atom stereocenters. The maximum Gasteiger partial charge on any atom is 0.338 e. The second-order valence-corrected chi connectivity index (χ2v) is 9.14. The van der Waals surface area contributed by atoms with Crippen LogP contribution in [0.3, 0.4) is 0 Å². The number of ether oxygens (including phenoxy) is 1. The lowest BCUT2D eigenvalue weighted by Crippen LogP contribution is -2.07. The molecular formula is C25H41O4S-. The third-order valence-corrected chi connectivity index (χ3v) is 6.13. The molecule has 0 heterocycles. The van der Waals surface area contributed by atoms with Gasteiger partial charge in [0.1, 0.15) is 0 Å². The van der Waals surface area contributed by atoms with E-state index in [4.69, 9.17) is 4.74 Å². The van der Waals surface area contributed by atoms with E-state index in [1.807, 2.05) is 0 Å². The molecule has 0 N–H and O–H groups in total. The molecule has 30 heavy (non-hydrogen) atoms. The van der Waals surface area contributed by atoms with Crippen LogP contribution in [-0.4, -0.2) is 21.3 Å². The Morgan fingerprint density at radius 1 is 0.800 bits per heavy atom. The number of carbonyl (C=O) groups is 1. The Hall–Kier alpha value is -1.20. The molecule has 172 valence electrons. The maximum atomic E-state index is 12.0. The quantitative estimate of drug-likeness (QED) is 0.129. The summed E-state index contributed by atoms with van der Waals surface area (Å²) in [6.07, 6.45) is 20.9. The van der Waals surface area contributed by atoms with E-state index < -0.39 is 17.0 Å². The van der Waals surface area contributed by atoms with Crippen LogP contribution in [0.2, 0.25) is 0 Å². The normalized spacial score (nSPS) is 12.1. The Balaban J connectivity index is 1.87. The van der Waals surface area contributed by atoms with Gasteiger partial charge in [-0.25, -0.2) is 4.79 Å². The van der Waals surface area contributed by atoms with E-state index in [0.29, 0.717) is 6.61 Å². The van der Waals surface area contributed by atoms with E-state index in [0.717, 1.165) is 12.8 Å². The Morgan fingerprint density at radius 3 is 1.73 bits per heavy atom. The van der Waals surface area contributed by atoms with E-state index in [2.05, 4.69) is 6.92 Å². The van der Waals surface area contributed by atoms with Crippen LogP contribution < -0.4 is 0 Å². The van der Waals surface area contributed by atoms with Crippen molar-refractivity contribution in [1.29, 1.82) is 0 Å². The van der Waals surface area contributed by atoms with Crippen molar-refractivity contribution in [3.63, 3.8) is 0 Å². The molecule has 1 aromatic rings. The number of esters is 1. The second-order valence-electron chi connectivity index (χ2n) is 8.20. The third-order valence-electron chi connectivity index (χ3n) is 5.49. The summed E-state index contributed by atoms with van der Waals surface area (Å²) in [5, 5.41) is 0. The average molecular weight is 438 g/mol. The number of hydrogen-bond donors (Lipinski definition) is 0. The SMILES string of the molecule is CCCCCCCCCCCCCCCCCCOC(=O)c1cccc(S(=O)[O-])c1. The number of hydrogen-bond acceptors (Lipinski definition) is 4. The number of benzene rings is 1. The van der Waals surface area contributed by atoms with Gasteiger partial charge in [0.25, 0.3) is 0 Å². The van der Waals surface area contributed by atoms with Gasteiger partial charge in [-0.1, -0.05) is 109 Å².